The van der Waals surface area contributed by atoms with Crippen LogP contribution in [-0.2, 0) is 19.9 Å². The number of aryl methyl sites for hydroxylation is 3. The lowest BCUT2D eigenvalue weighted by Gasteiger charge is -2.05. The van der Waals surface area contributed by atoms with Crippen LogP contribution in [0.1, 0.15) is 11.3 Å². The van der Waals surface area contributed by atoms with Gasteiger partial charge in [-0.25, -0.2) is 9.37 Å². The van der Waals surface area contributed by atoms with Crippen molar-refractivity contribution in [3.05, 3.63) is 46.2 Å². The molecule has 0 radical (unpaired) electrons. The Kier molecular flexibility index (Phi) is 4.01. The molecule has 1 heterocycles. The highest BCUT2D eigenvalue weighted by atomic mass is 79.9. The van der Waals surface area contributed by atoms with Gasteiger partial charge < -0.3 is 9.30 Å². The van der Waals surface area contributed by atoms with E-state index in [1.165, 1.54) is 13.2 Å². The molecule has 0 fully saturated rings. The second-order valence-corrected chi connectivity index (χ2v) is 4.81. The van der Waals surface area contributed by atoms with E-state index in [2.05, 4.69) is 20.9 Å². The van der Waals surface area contributed by atoms with E-state index in [0.717, 1.165) is 28.7 Å². The van der Waals surface area contributed by atoms with Gasteiger partial charge in [0.2, 0.25) is 0 Å². The first kappa shape index (κ1) is 13.1. The van der Waals surface area contributed by atoms with E-state index in [1.807, 2.05) is 17.7 Å². The van der Waals surface area contributed by atoms with Crippen LogP contribution in [0.5, 0.6) is 5.75 Å². The number of ether oxygens (including phenoxy) is 1. The van der Waals surface area contributed by atoms with Crippen molar-refractivity contribution in [3.8, 4) is 5.75 Å². The van der Waals surface area contributed by atoms with Crippen LogP contribution in [0, 0.1) is 5.82 Å². The maximum atomic E-state index is 13.5. The highest BCUT2D eigenvalue weighted by Gasteiger charge is 2.07. The third kappa shape index (κ3) is 2.72. The SMILES string of the molecule is COc1ccc(CCc2ncn(C)c2Br)cc1F. The molecule has 2 aromatic rings. The zero-order valence-electron chi connectivity index (χ0n) is 10.3. The number of benzene rings is 1. The van der Waals surface area contributed by atoms with Gasteiger partial charge in [0.25, 0.3) is 0 Å². The lowest BCUT2D eigenvalue weighted by molar-refractivity contribution is 0.386. The number of rotatable bonds is 4. The minimum absolute atomic E-state index is 0.276. The second kappa shape index (κ2) is 5.52. The van der Waals surface area contributed by atoms with Gasteiger partial charge in [-0.1, -0.05) is 6.07 Å². The zero-order valence-corrected chi connectivity index (χ0v) is 11.9. The number of aromatic nitrogens is 2. The molecule has 3 nitrogen and oxygen atoms in total. The number of methoxy groups -OCH3 is 1. The molecule has 0 unspecified atom stereocenters. The van der Waals surface area contributed by atoms with Gasteiger partial charge in [0.1, 0.15) is 4.60 Å². The monoisotopic (exact) mass is 312 g/mol. The average Bonchev–Trinajstić information content (AvgIpc) is 2.68. The van der Waals surface area contributed by atoms with Crippen molar-refractivity contribution in [2.24, 2.45) is 7.05 Å². The minimum atomic E-state index is -0.324. The highest BCUT2D eigenvalue weighted by molar-refractivity contribution is 9.10. The molecule has 0 saturated carbocycles. The molecule has 0 N–H and O–H groups in total. The minimum Gasteiger partial charge on any atom is -0.494 e. The lowest BCUT2D eigenvalue weighted by atomic mass is 10.1. The van der Waals surface area contributed by atoms with Gasteiger partial charge in [-0.2, -0.15) is 0 Å². The molecule has 96 valence electrons. The molecular weight excluding hydrogens is 299 g/mol. The molecule has 1 aromatic heterocycles. The van der Waals surface area contributed by atoms with Crippen LogP contribution in [0.3, 0.4) is 0 Å². The summed E-state index contributed by atoms with van der Waals surface area (Å²) >= 11 is 3.47. The molecule has 0 spiro atoms. The van der Waals surface area contributed by atoms with Gasteiger partial charge in [0, 0.05) is 7.05 Å². The highest BCUT2D eigenvalue weighted by Crippen LogP contribution is 2.20. The molecule has 0 bridgehead atoms. The Morgan fingerprint density at radius 3 is 2.72 bits per heavy atom. The summed E-state index contributed by atoms with van der Waals surface area (Å²) in [5.74, 6) is -0.0483. The number of halogens is 2. The number of nitrogens with zero attached hydrogens (tertiary/aromatic N) is 2. The van der Waals surface area contributed by atoms with Crippen molar-refractivity contribution >= 4 is 15.9 Å². The summed E-state index contributed by atoms with van der Waals surface area (Å²) in [6, 6.07) is 5.03. The predicted molar refractivity (Wildman–Crippen MR) is 71.3 cm³/mol. The lowest BCUT2D eigenvalue weighted by Crippen LogP contribution is -1.95. The van der Waals surface area contributed by atoms with Crippen molar-refractivity contribution < 1.29 is 9.13 Å². The van der Waals surface area contributed by atoms with Crippen LogP contribution in [0.25, 0.3) is 0 Å². The largest absolute Gasteiger partial charge is 0.494 e. The van der Waals surface area contributed by atoms with Crippen molar-refractivity contribution in [3.63, 3.8) is 0 Å². The Balaban J connectivity index is 2.06. The van der Waals surface area contributed by atoms with Crippen molar-refractivity contribution in [2.45, 2.75) is 12.8 Å². The standard InChI is InChI=1S/C13H14BrFN2O/c1-17-8-16-11(13(17)14)5-3-9-4-6-12(18-2)10(15)7-9/h4,6-8H,3,5H2,1-2H3. The Bertz CT molecular complexity index is 554. The summed E-state index contributed by atoms with van der Waals surface area (Å²) in [7, 11) is 3.39. The Morgan fingerprint density at radius 2 is 2.17 bits per heavy atom. The maximum Gasteiger partial charge on any atom is 0.165 e. The van der Waals surface area contributed by atoms with Crippen molar-refractivity contribution in [2.75, 3.05) is 7.11 Å². The summed E-state index contributed by atoms with van der Waals surface area (Å²) in [6.07, 6.45) is 3.28. The third-order valence-corrected chi connectivity index (χ3v) is 3.82. The smallest absolute Gasteiger partial charge is 0.165 e. The van der Waals surface area contributed by atoms with Crippen LogP contribution in [0.15, 0.2) is 29.1 Å². The van der Waals surface area contributed by atoms with E-state index >= 15 is 0 Å². The molecule has 1 aromatic carbocycles. The van der Waals surface area contributed by atoms with E-state index in [1.54, 1.807) is 12.4 Å². The van der Waals surface area contributed by atoms with Crippen molar-refractivity contribution in [1.29, 1.82) is 0 Å². The van der Waals surface area contributed by atoms with Gasteiger partial charge in [-0.15, -0.1) is 0 Å². The summed E-state index contributed by atoms with van der Waals surface area (Å²) < 4.78 is 21.3. The molecule has 0 saturated heterocycles. The fourth-order valence-corrected chi connectivity index (χ4v) is 2.15. The Morgan fingerprint density at radius 1 is 1.39 bits per heavy atom. The first-order chi connectivity index (χ1) is 8.61. The van der Waals surface area contributed by atoms with E-state index in [4.69, 9.17) is 4.74 Å². The fraction of sp³-hybridized carbons (Fsp3) is 0.308. The molecule has 5 heteroatoms. The van der Waals surface area contributed by atoms with E-state index in [0.29, 0.717) is 0 Å². The molecule has 2 rings (SSSR count). The summed E-state index contributed by atoms with van der Waals surface area (Å²) in [5, 5.41) is 0. The topological polar surface area (TPSA) is 27.1 Å². The summed E-state index contributed by atoms with van der Waals surface area (Å²) in [5.41, 5.74) is 1.92. The summed E-state index contributed by atoms with van der Waals surface area (Å²) in [4.78, 5) is 4.28. The van der Waals surface area contributed by atoms with E-state index in [9.17, 15) is 4.39 Å². The number of hydrogen-bond donors (Lipinski definition) is 0. The number of hydrogen-bond acceptors (Lipinski definition) is 2. The molecule has 0 atom stereocenters. The molecule has 0 aliphatic carbocycles. The van der Waals surface area contributed by atoms with Crippen molar-refractivity contribution in [1.82, 2.24) is 9.55 Å². The zero-order chi connectivity index (χ0) is 13.1. The quantitative estimate of drug-likeness (QED) is 0.867. The molecular formula is C13H14BrFN2O. The third-order valence-electron chi connectivity index (χ3n) is 2.80. The molecule has 0 aliphatic rings. The normalized spacial score (nSPS) is 10.7. The maximum absolute atomic E-state index is 13.5. The van der Waals surface area contributed by atoms with Crippen LogP contribution in [0.4, 0.5) is 4.39 Å². The molecule has 18 heavy (non-hydrogen) atoms. The fourth-order valence-electron chi connectivity index (χ4n) is 1.76. The van der Waals surface area contributed by atoms with Crippen LogP contribution in [-0.4, -0.2) is 16.7 Å². The van der Waals surface area contributed by atoms with E-state index in [-0.39, 0.29) is 11.6 Å². The van der Waals surface area contributed by atoms with Gasteiger partial charge in [0.15, 0.2) is 11.6 Å². The van der Waals surface area contributed by atoms with Gasteiger partial charge in [0.05, 0.1) is 19.1 Å². The number of imidazole rings is 1. The average molecular weight is 313 g/mol. The van der Waals surface area contributed by atoms with Gasteiger partial charge >= 0.3 is 0 Å². The summed E-state index contributed by atoms with van der Waals surface area (Å²) in [6.45, 7) is 0. The van der Waals surface area contributed by atoms with Gasteiger partial charge in [-0.3, -0.25) is 0 Å². The van der Waals surface area contributed by atoms with Crippen LogP contribution < -0.4 is 4.74 Å². The first-order valence-electron chi connectivity index (χ1n) is 5.60. The Labute approximate surface area is 114 Å². The van der Waals surface area contributed by atoms with Crippen LogP contribution in [0.2, 0.25) is 0 Å². The Hall–Kier alpha value is -1.36. The molecule has 0 amide bonds. The second-order valence-electron chi connectivity index (χ2n) is 4.06. The predicted octanol–water partition coefficient (Wildman–Crippen LogP) is 3.12. The van der Waals surface area contributed by atoms with Gasteiger partial charge in [-0.05, 0) is 46.5 Å². The van der Waals surface area contributed by atoms with Crippen LogP contribution >= 0.6 is 15.9 Å². The molecule has 0 aliphatic heterocycles. The first-order valence-corrected chi connectivity index (χ1v) is 6.39. The van der Waals surface area contributed by atoms with E-state index < -0.39 is 0 Å².